The van der Waals surface area contributed by atoms with Gasteiger partial charge in [-0.3, -0.25) is 19.3 Å². The average Bonchev–Trinajstić information content (AvgIpc) is 3.46. The molecule has 11 heteroatoms. The molecule has 1 aliphatic heterocycles. The van der Waals surface area contributed by atoms with Crippen molar-refractivity contribution < 1.29 is 14.6 Å². The summed E-state index contributed by atoms with van der Waals surface area (Å²) in [5.74, 6) is 0.709. The van der Waals surface area contributed by atoms with Crippen LogP contribution in [-0.4, -0.2) is 59.3 Å². The Hall–Kier alpha value is -3.96. The zero-order valence-corrected chi connectivity index (χ0v) is 19.4. The molecule has 180 valence electrons. The van der Waals surface area contributed by atoms with Crippen molar-refractivity contribution in [1.29, 1.82) is 0 Å². The number of amides is 1. The van der Waals surface area contributed by atoms with Crippen LogP contribution >= 0.6 is 0 Å². The van der Waals surface area contributed by atoms with E-state index >= 15 is 0 Å². The molecule has 0 aromatic carbocycles. The number of aryl methyl sites for hydroxylation is 1. The molecule has 0 radical (unpaired) electrons. The van der Waals surface area contributed by atoms with Gasteiger partial charge in [0.05, 0.1) is 18.6 Å². The van der Waals surface area contributed by atoms with Gasteiger partial charge in [-0.15, -0.1) is 0 Å². The number of aliphatic hydroxyl groups excluding tert-OH is 1. The molecular formula is C24H26N8O3. The maximum atomic E-state index is 12.3. The minimum absolute atomic E-state index is 0.181. The molecule has 0 aliphatic carbocycles. The van der Waals surface area contributed by atoms with Gasteiger partial charge in [0.15, 0.2) is 29.0 Å². The first-order chi connectivity index (χ1) is 17.0. The third-order valence-electron chi connectivity index (χ3n) is 5.76. The van der Waals surface area contributed by atoms with Crippen molar-refractivity contribution in [3.8, 4) is 11.4 Å². The summed E-state index contributed by atoms with van der Waals surface area (Å²) in [4.78, 5) is 34.8. The summed E-state index contributed by atoms with van der Waals surface area (Å²) in [6, 6.07) is 7.61. The van der Waals surface area contributed by atoms with E-state index in [1.165, 1.54) is 0 Å². The van der Waals surface area contributed by atoms with Crippen LogP contribution in [0.5, 0.6) is 0 Å². The molecule has 4 aromatic rings. The fourth-order valence-electron chi connectivity index (χ4n) is 4.08. The highest BCUT2D eigenvalue weighted by molar-refractivity contribution is 5.85. The first-order valence-electron chi connectivity index (χ1n) is 11.4. The van der Waals surface area contributed by atoms with Crippen molar-refractivity contribution >= 4 is 22.9 Å². The molecule has 1 saturated heterocycles. The number of ether oxygens (including phenoxy) is 1. The van der Waals surface area contributed by atoms with Crippen LogP contribution < -0.4 is 10.6 Å². The van der Waals surface area contributed by atoms with Gasteiger partial charge in [0.2, 0.25) is 5.91 Å². The number of hydrogen-bond acceptors (Lipinski definition) is 9. The van der Waals surface area contributed by atoms with Gasteiger partial charge in [-0.05, 0) is 43.7 Å². The van der Waals surface area contributed by atoms with E-state index in [0.29, 0.717) is 35.9 Å². The lowest BCUT2D eigenvalue weighted by Gasteiger charge is -2.17. The van der Waals surface area contributed by atoms with Crippen molar-refractivity contribution in [3.63, 3.8) is 0 Å². The van der Waals surface area contributed by atoms with Crippen LogP contribution in [0.25, 0.3) is 22.6 Å². The molecule has 1 aliphatic rings. The quantitative estimate of drug-likeness (QED) is 0.367. The number of likely N-dealkylation sites (N-methyl/N-ethyl adjacent to an activating group) is 1. The lowest BCUT2D eigenvalue weighted by molar-refractivity contribution is -0.134. The van der Waals surface area contributed by atoms with E-state index in [4.69, 9.17) is 14.7 Å². The maximum absolute atomic E-state index is 12.3. The molecule has 35 heavy (non-hydrogen) atoms. The summed E-state index contributed by atoms with van der Waals surface area (Å²) >= 11 is 0. The molecule has 0 saturated carbocycles. The minimum atomic E-state index is -0.898. The van der Waals surface area contributed by atoms with Crippen LogP contribution in [0, 0.1) is 6.92 Å². The summed E-state index contributed by atoms with van der Waals surface area (Å²) < 4.78 is 7.58. The van der Waals surface area contributed by atoms with Crippen LogP contribution in [0.3, 0.4) is 0 Å². The predicted octanol–water partition coefficient (Wildman–Crippen LogP) is 1.99. The van der Waals surface area contributed by atoms with Crippen LogP contribution in [0.1, 0.15) is 30.8 Å². The smallest absolute Gasteiger partial charge is 0.249 e. The SMILES string of the molecule is CCNC(=O)[C@@H]1C[C@@H](O)[C@H](n2cnc3c(NCc4cc(C)ccn4)nc(-c4cccnc4)nc32)O1. The highest BCUT2D eigenvalue weighted by Crippen LogP contribution is 2.33. The number of carbonyl (C=O) groups is 1. The second-order valence-corrected chi connectivity index (χ2v) is 8.35. The molecular weight excluding hydrogens is 448 g/mol. The summed E-state index contributed by atoms with van der Waals surface area (Å²) in [5, 5.41) is 16.8. The van der Waals surface area contributed by atoms with Crippen molar-refractivity contribution in [2.45, 2.75) is 45.2 Å². The van der Waals surface area contributed by atoms with Crippen molar-refractivity contribution in [3.05, 3.63) is 60.4 Å². The number of fused-ring (bicyclic) bond motifs is 1. The number of nitrogens with zero attached hydrogens (tertiary/aromatic N) is 6. The van der Waals surface area contributed by atoms with E-state index in [-0.39, 0.29) is 12.3 Å². The van der Waals surface area contributed by atoms with Crippen LogP contribution in [0.15, 0.2) is 49.2 Å². The number of aliphatic hydroxyl groups is 1. The van der Waals surface area contributed by atoms with Gasteiger partial charge in [-0.2, -0.15) is 0 Å². The Morgan fingerprint density at radius 2 is 2.14 bits per heavy atom. The van der Waals surface area contributed by atoms with E-state index in [0.717, 1.165) is 16.8 Å². The Balaban J connectivity index is 1.53. The van der Waals surface area contributed by atoms with E-state index < -0.39 is 18.4 Å². The number of carbonyl (C=O) groups excluding carboxylic acids is 1. The molecule has 5 heterocycles. The van der Waals surface area contributed by atoms with E-state index in [9.17, 15) is 9.90 Å². The van der Waals surface area contributed by atoms with E-state index in [2.05, 4.69) is 25.6 Å². The molecule has 5 rings (SSSR count). The molecule has 1 fully saturated rings. The normalized spacial score (nSPS) is 19.7. The Morgan fingerprint density at radius 1 is 1.26 bits per heavy atom. The molecule has 11 nitrogen and oxygen atoms in total. The average molecular weight is 475 g/mol. The van der Waals surface area contributed by atoms with Gasteiger partial charge in [-0.25, -0.2) is 15.0 Å². The Labute approximate surface area is 201 Å². The second-order valence-electron chi connectivity index (χ2n) is 8.35. The lowest BCUT2D eigenvalue weighted by atomic mass is 10.2. The molecule has 3 N–H and O–H groups in total. The van der Waals surface area contributed by atoms with E-state index in [1.54, 1.807) is 29.5 Å². The van der Waals surface area contributed by atoms with Crippen LogP contribution in [-0.2, 0) is 16.1 Å². The number of nitrogens with one attached hydrogen (secondary N) is 2. The van der Waals surface area contributed by atoms with Crippen molar-refractivity contribution in [1.82, 2.24) is 34.8 Å². The number of aromatic nitrogens is 6. The fraction of sp³-hybridized carbons (Fsp3) is 0.333. The molecule has 1 amide bonds. The number of hydrogen-bond donors (Lipinski definition) is 3. The zero-order valence-electron chi connectivity index (χ0n) is 19.4. The molecule has 3 atom stereocenters. The zero-order chi connectivity index (χ0) is 24.4. The molecule has 0 unspecified atom stereocenters. The monoisotopic (exact) mass is 474 g/mol. The van der Waals surface area contributed by atoms with Gasteiger partial charge in [0, 0.05) is 37.1 Å². The summed E-state index contributed by atoms with van der Waals surface area (Å²) in [7, 11) is 0. The van der Waals surface area contributed by atoms with Crippen LogP contribution in [0.4, 0.5) is 5.82 Å². The maximum Gasteiger partial charge on any atom is 0.249 e. The molecule has 0 spiro atoms. The molecule has 0 bridgehead atoms. The highest BCUT2D eigenvalue weighted by atomic mass is 16.5. The Bertz CT molecular complexity index is 1340. The number of rotatable bonds is 7. The first kappa shape index (κ1) is 22.8. The number of imidazole rings is 1. The highest BCUT2D eigenvalue weighted by Gasteiger charge is 2.39. The summed E-state index contributed by atoms with van der Waals surface area (Å²) in [5.41, 5.74) is 3.69. The van der Waals surface area contributed by atoms with E-state index in [1.807, 2.05) is 38.1 Å². The van der Waals surface area contributed by atoms with Gasteiger partial charge in [-0.1, -0.05) is 0 Å². The number of pyridine rings is 2. The predicted molar refractivity (Wildman–Crippen MR) is 128 cm³/mol. The van der Waals surface area contributed by atoms with Crippen LogP contribution in [0.2, 0.25) is 0 Å². The minimum Gasteiger partial charge on any atom is -0.388 e. The summed E-state index contributed by atoms with van der Waals surface area (Å²) in [6.07, 6.45) is 4.40. The largest absolute Gasteiger partial charge is 0.388 e. The summed E-state index contributed by atoms with van der Waals surface area (Å²) in [6.45, 7) is 4.77. The van der Waals surface area contributed by atoms with Crippen molar-refractivity contribution in [2.24, 2.45) is 0 Å². The second kappa shape index (κ2) is 9.72. The van der Waals surface area contributed by atoms with Gasteiger partial charge < -0.3 is 20.5 Å². The first-order valence-corrected chi connectivity index (χ1v) is 11.4. The third kappa shape index (κ3) is 4.68. The third-order valence-corrected chi connectivity index (χ3v) is 5.76. The fourth-order valence-corrected chi connectivity index (χ4v) is 4.08. The Kier molecular flexibility index (Phi) is 6.34. The van der Waals surface area contributed by atoms with Gasteiger partial charge in [0.1, 0.15) is 12.2 Å². The van der Waals surface area contributed by atoms with Crippen molar-refractivity contribution in [2.75, 3.05) is 11.9 Å². The topological polar surface area (TPSA) is 140 Å². The van der Waals surface area contributed by atoms with Gasteiger partial charge in [0.25, 0.3) is 0 Å². The lowest BCUT2D eigenvalue weighted by Crippen LogP contribution is -2.34. The Morgan fingerprint density at radius 3 is 2.91 bits per heavy atom. The standard InChI is InChI=1S/C24H26N8O3/c1-3-26-23(34)18-10-17(33)24(35-18)32-13-29-19-21(28-12-16-9-14(2)6-8-27-16)30-20(31-22(19)32)15-5-4-7-25-11-15/h4-9,11,13,17-18,24,33H,3,10,12H2,1-2H3,(H,26,34)(H,28,30,31)/t17-,18+,24-/m1/s1. The number of anilines is 1. The molecule has 4 aromatic heterocycles. The van der Waals surface area contributed by atoms with Gasteiger partial charge >= 0.3 is 0 Å².